The van der Waals surface area contributed by atoms with Gasteiger partial charge in [0.1, 0.15) is 0 Å². The molecule has 19 heavy (non-hydrogen) atoms. The van der Waals surface area contributed by atoms with Gasteiger partial charge in [0.15, 0.2) is 0 Å². The zero-order chi connectivity index (χ0) is 13.4. The fourth-order valence-corrected chi connectivity index (χ4v) is 3.13. The summed E-state index contributed by atoms with van der Waals surface area (Å²) in [6.45, 7) is 0. The number of hydrogen-bond donors (Lipinski definition) is 0. The van der Waals surface area contributed by atoms with Gasteiger partial charge in [0.25, 0.3) is 0 Å². The van der Waals surface area contributed by atoms with E-state index in [-0.39, 0.29) is 0 Å². The maximum absolute atomic E-state index is 7.63. The van der Waals surface area contributed by atoms with E-state index in [1.54, 1.807) is 0 Å². The Bertz CT molecular complexity index is 823. The van der Waals surface area contributed by atoms with Gasteiger partial charge in [0.05, 0.1) is 0 Å². The second-order valence-corrected chi connectivity index (χ2v) is 5.32. The smallest absolute Gasteiger partial charge is 0.0387 e. The zero-order valence-electron chi connectivity index (χ0n) is 10.4. The Morgan fingerprint density at radius 1 is 1.16 bits per heavy atom. The van der Waals surface area contributed by atoms with Crippen molar-refractivity contribution in [1.82, 2.24) is 0 Å². The van der Waals surface area contributed by atoms with Crippen LogP contribution in [0.15, 0.2) is 36.4 Å². The van der Waals surface area contributed by atoms with E-state index in [1.807, 2.05) is 28.1 Å². The Kier molecular flexibility index (Phi) is 2.71. The highest BCUT2D eigenvalue weighted by Crippen LogP contribution is 2.30. The Morgan fingerprint density at radius 2 is 2.00 bits per heavy atom. The van der Waals surface area contributed by atoms with Crippen molar-refractivity contribution in [2.24, 2.45) is 0 Å². The van der Waals surface area contributed by atoms with Gasteiger partial charge in [0.2, 0.25) is 0 Å². The third-order valence-electron chi connectivity index (χ3n) is 3.52. The number of hydrogen-bond acceptors (Lipinski definition) is 0. The maximum atomic E-state index is 7.63. The molecule has 1 heteroatoms. The van der Waals surface area contributed by atoms with Gasteiger partial charge in [-0.2, -0.15) is 0 Å². The summed E-state index contributed by atoms with van der Waals surface area (Å²) in [5.74, 6) is 5.04. The summed E-state index contributed by atoms with van der Waals surface area (Å²) in [6.07, 6.45) is 20.1. The van der Waals surface area contributed by atoms with E-state index in [1.165, 1.54) is 10.7 Å². The van der Waals surface area contributed by atoms with E-state index in [4.69, 9.17) is 12.8 Å². The van der Waals surface area contributed by atoms with Crippen molar-refractivity contribution < 1.29 is 0 Å². The molecule has 0 saturated heterocycles. The summed E-state index contributed by atoms with van der Waals surface area (Å²) < 4.78 is 0. The lowest BCUT2D eigenvalue weighted by molar-refractivity contribution is 1.24. The second-order valence-electron chi connectivity index (χ2n) is 4.56. The van der Waals surface area contributed by atoms with Crippen LogP contribution in [-0.2, 0) is 6.42 Å². The van der Waals surface area contributed by atoms with Crippen molar-refractivity contribution in [3.63, 3.8) is 0 Å². The molecule has 0 atom stereocenters. The summed E-state index contributed by atoms with van der Waals surface area (Å²) in [5.41, 5.74) is 3.86. The van der Waals surface area contributed by atoms with Crippen LogP contribution < -0.4 is 0 Å². The minimum atomic E-state index is 0.727. The van der Waals surface area contributed by atoms with Crippen molar-refractivity contribution in [3.8, 4) is 11.8 Å². The molecule has 3 rings (SSSR count). The molecule has 0 nitrogen and oxygen atoms in total. The van der Waals surface area contributed by atoms with Gasteiger partial charge in [-0.25, -0.2) is 0 Å². The van der Waals surface area contributed by atoms with Crippen LogP contribution in [0.3, 0.4) is 0 Å². The molecule has 0 aromatic heterocycles. The average Bonchev–Trinajstić information content (AvgIpc) is 2.45. The van der Waals surface area contributed by atoms with Crippen LogP contribution >= 0.6 is 0 Å². The summed E-state index contributed by atoms with van der Waals surface area (Å²) in [7, 11) is 1.87. The first-order valence-electron chi connectivity index (χ1n) is 6.06. The average molecular weight is 254 g/mol. The van der Waals surface area contributed by atoms with Crippen LogP contribution in [0.1, 0.15) is 22.3 Å². The minimum absolute atomic E-state index is 0.727. The van der Waals surface area contributed by atoms with Crippen LogP contribution in [0.5, 0.6) is 0 Å². The molecule has 0 N–H and O–H groups in total. The molecule has 0 heterocycles. The van der Waals surface area contributed by atoms with E-state index in [0.717, 1.165) is 33.9 Å². The molecular formula is C18H10Si. The first kappa shape index (κ1) is 11.7. The first-order chi connectivity index (χ1) is 9.26. The molecule has 0 saturated carbocycles. The maximum Gasteiger partial charge on any atom is 0.0387 e. The number of allylic oxidation sites excluding steroid dienone is 2. The Balaban J connectivity index is 2.53. The molecule has 1 aliphatic carbocycles. The number of benzene rings is 2. The van der Waals surface area contributed by atoms with Crippen LogP contribution in [0.4, 0.5) is 0 Å². The highest BCUT2D eigenvalue weighted by Gasteiger charge is 2.16. The standard InChI is InChI=1S/C18H10Si/c1-3-12-7-5-8-13-11-16-15(9-6-10-17(16)19)14(4-2)18(12)13/h5-8,10-11H,9,19H2. The summed E-state index contributed by atoms with van der Waals surface area (Å²) in [6, 6.07) is 7.96. The fraction of sp³-hybridized carbons (Fsp3) is 0.0556. The van der Waals surface area contributed by atoms with Gasteiger partial charge in [-0.15, -0.1) is 0 Å². The van der Waals surface area contributed by atoms with E-state index >= 15 is 0 Å². The van der Waals surface area contributed by atoms with Crippen LogP contribution in [0.25, 0.3) is 10.8 Å². The molecule has 0 aliphatic heterocycles. The zero-order valence-corrected chi connectivity index (χ0v) is 11.8. The van der Waals surface area contributed by atoms with Crippen LogP contribution in [0.2, 0.25) is 0 Å². The van der Waals surface area contributed by atoms with E-state index in [2.05, 4.69) is 30.1 Å². The summed E-state index contributed by atoms with van der Waals surface area (Å²) in [5, 5.41) is 3.20. The van der Waals surface area contributed by atoms with Crippen molar-refractivity contribution in [2.45, 2.75) is 6.42 Å². The molecule has 86 valence electrons. The van der Waals surface area contributed by atoms with Crippen LogP contribution in [-0.4, -0.2) is 15.0 Å². The Labute approximate surface area is 116 Å². The predicted octanol–water partition coefficient (Wildman–Crippen LogP) is 1.98. The van der Waals surface area contributed by atoms with E-state index < -0.39 is 0 Å². The highest BCUT2D eigenvalue weighted by molar-refractivity contribution is 6.48. The number of fused-ring (bicyclic) bond motifs is 2. The third-order valence-corrected chi connectivity index (χ3v) is 4.14. The molecule has 0 unspecified atom stereocenters. The molecular weight excluding hydrogens is 244 g/mol. The van der Waals surface area contributed by atoms with Crippen molar-refractivity contribution in [2.75, 3.05) is 0 Å². The molecule has 0 bridgehead atoms. The first-order valence-corrected chi connectivity index (χ1v) is 6.77. The van der Waals surface area contributed by atoms with Crippen molar-refractivity contribution >= 4 is 25.8 Å². The SMILES string of the molecule is [C]#Cc1cccc2cc3c(c(C#[C])c12)CC=CC3=[SiH2]. The van der Waals surface area contributed by atoms with Crippen molar-refractivity contribution in [3.05, 3.63) is 71.5 Å². The second kappa shape index (κ2) is 4.39. The molecule has 0 amide bonds. The normalized spacial score (nSPS) is 12.8. The predicted molar refractivity (Wildman–Crippen MR) is 81.9 cm³/mol. The molecule has 2 radical (unpaired) electrons. The molecule has 0 fully saturated rings. The Morgan fingerprint density at radius 3 is 2.74 bits per heavy atom. The van der Waals surface area contributed by atoms with Gasteiger partial charge in [-0.05, 0) is 62.9 Å². The largest absolute Gasteiger partial charge is 0.0799 e. The Hall–Kier alpha value is -2.35. The van der Waals surface area contributed by atoms with Gasteiger partial charge in [0, 0.05) is 16.5 Å². The van der Waals surface area contributed by atoms with E-state index in [0.29, 0.717) is 0 Å². The quantitative estimate of drug-likeness (QED) is 0.498. The van der Waals surface area contributed by atoms with Crippen LogP contribution in [0, 0.1) is 24.7 Å². The van der Waals surface area contributed by atoms with Crippen molar-refractivity contribution in [1.29, 1.82) is 0 Å². The van der Waals surface area contributed by atoms with Gasteiger partial charge in [-0.1, -0.05) is 36.1 Å². The highest BCUT2D eigenvalue weighted by atomic mass is 28.1. The lowest BCUT2D eigenvalue weighted by atomic mass is 9.86. The number of rotatable bonds is 0. The third kappa shape index (κ3) is 1.68. The fourth-order valence-electron chi connectivity index (χ4n) is 2.65. The van der Waals surface area contributed by atoms with E-state index in [9.17, 15) is 0 Å². The topological polar surface area (TPSA) is 0 Å². The molecule has 2 aromatic carbocycles. The summed E-state index contributed by atoms with van der Waals surface area (Å²) in [4.78, 5) is 0. The molecule has 0 spiro atoms. The van der Waals surface area contributed by atoms with Gasteiger partial charge < -0.3 is 0 Å². The van der Waals surface area contributed by atoms with Gasteiger partial charge >= 0.3 is 0 Å². The monoisotopic (exact) mass is 254 g/mol. The lowest BCUT2D eigenvalue weighted by Crippen LogP contribution is -2.09. The minimum Gasteiger partial charge on any atom is -0.0799 e. The van der Waals surface area contributed by atoms with Gasteiger partial charge in [-0.3, -0.25) is 0 Å². The lowest BCUT2D eigenvalue weighted by Gasteiger charge is -2.18. The summed E-state index contributed by atoms with van der Waals surface area (Å²) >= 11 is 0. The molecule has 1 aliphatic rings. The molecule has 2 aromatic rings.